The van der Waals surface area contributed by atoms with E-state index in [1.54, 1.807) is 32.4 Å². The van der Waals surface area contributed by atoms with Gasteiger partial charge in [-0.25, -0.2) is 0 Å². The van der Waals surface area contributed by atoms with Gasteiger partial charge in [0, 0.05) is 16.5 Å². The largest absolute Gasteiger partial charge is 0.497 e. The van der Waals surface area contributed by atoms with Gasteiger partial charge in [0.1, 0.15) is 11.5 Å². The predicted octanol–water partition coefficient (Wildman–Crippen LogP) is 4.59. The fourth-order valence-corrected chi connectivity index (χ4v) is 4.13. The van der Waals surface area contributed by atoms with Crippen molar-refractivity contribution in [1.29, 1.82) is 0 Å². The van der Waals surface area contributed by atoms with Crippen molar-refractivity contribution in [2.45, 2.75) is 12.1 Å². The third-order valence-electron chi connectivity index (χ3n) is 4.64. The second-order valence-corrected chi connectivity index (χ2v) is 7.95. The third-order valence-corrected chi connectivity index (χ3v) is 5.81. The monoisotopic (exact) mass is 442 g/mol. The molecular weight excluding hydrogens is 424 g/mol. The number of carbonyl (C=O) groups is 1. The molecular formula is C21H19ClN4O3S. The Bertz CT molecular complexity index is 1260. The Balaban J connectivity index is 1.56. The van der Waals surface area contributed by atoms with Crippen LogP contribution in [0.25, 0.3) is 16.6 Å². The Morgan fingerprint density at radius 2 is 1.97 bits per heavy atom. The first-order chi connectivity index (χ1) is 14.5. The highest BCUT2D eigenvalue weighted by Gasteiger charge is 2.15. The van der Waals surface area contributed by atoms with Gasteiger partial charge in [0.05, 0.1) is 31.2 Å². The lowest BCUT2D eigenvalue weighted by molar-refractivity contribution is -0.113. The lowest BCUT2D eigenvalue weighted by Gasteiger charge is -2.11. The van der Waals surface area contributed by atoms with Crippen LogP contribution in [-0.4, -0.2) is 40.5 Å². The van der Waals surface area contributed by atoms with E-state index in [9.17, 15) is 4.79 Å². The molecule has 0 unspecified atom stereocenters. The van der Waals surface area contributed by atoms with Gasteiger partial charge in [-0.15, -0.1) is 10.2 Å². The fourth-order valence-electron chi connectivity index (χ4n) is 3.20. The lowest BCUT2D eigenvalue weighted by Crippen LogP contribution is -2.15. The van der Waals surface area contributed by atoms with Crippen LogP contribution < -0.4 is 14.8 Å². The minimum absolute atomic E-state index is 0.166. The van der Waals surface area contributed by atoms with Crippen LogP contribution in [0.3, 0.4) is 0 Å². The van der Waals surface area contributed by atoms with E-state index < -0.39 is 0 Å². The third kappa shape index (κ3) is 3.88. The van der Waals surface area contributed by atoms with Crippen molar-refractivity contribution in [3.63, 3.8) is 0 Å². The zero-order chi connectivity index (χ0) is 21.3. The van der Waals surface area contributed by atoms with E-state index in [4.69, 9.17) is 21.1 Å². The number of hydrogen-bond acceptors (Lipinski definition) is 6. The molecule has 0 aliphatic heterocycles. The second kappa shape index (κ2) is 8.41. The van der Waals surface area contributed by atoms with Crippen LogP contribution in [0.4, 0.5) is 5.69 Å². The SMILES string of the molecule is COc1ccc(NC(=O)CSc2nnc3cc(C)c4cc(Cl)ccc4n23)c(OC)c1. The highest BCUT2D eigenvalue weighted by atomic mass is 35.5. The molecule has 0 saturated heterocycles. The summed E-state index contributed by atoms with van der Waals surface area (Å²) in [4.78, 5) is 12.5. The molecule has 30 heavy (non-hydrogen) atoms. The lowest BCUT2D eigenvalue weighted by atomic mass is 10.1. The van der Waals surface area contributed by atoms with Crippen LogP contribution in [0.1, 0.15) is 5.56 Å². The van der Waals surface area contributed by atoms with Crippen molar-refractivity contribution in [3.05, 3.63) is 53.1 Å². The molecule has 0 aliphatic rings. The summed E-state index contributed by atoms with van der Waals surface area (Å²) in [6.45, 7) is 2.01. The van der Waals surface area contributed by atoms with E-state index in [0.29, 0.717) is 27.4 Å². The van der Waals surface area contributed by atoms with Gasteiger partial charge in [-0.2, -0.15) is 0 Å². The number of nitrogens with one attached hydrogen (secondary N) is 1. The highest BCUT2D eigenvalue weighted by Crippen LogP contribution is 2.30. The molecule has 2 aromatic heterocycles. The van der Waals surface area contributed by atoms with E-state index >= 15 is 0 Å². The van der Waals surface area contributed by atoms with E-state index in [0.717, 1.165) is 22.1 Å². The summed E-state index contributed by atoms with van der Waals surface area (Å²) in [7, 11) is 3.12. The number of amides is 1. The summed E-state index contributed by atoms with van der Waals surface area (Å²) in [6.07, 6.45) is 0. The molecule has 0 spiro atoms. The molecule has 154 valence electrons. The number of ether oxygens (including phenoxy) is 2. The molecule has 1 N–H and O–H groups in total. The molecule has 2 heterocycles. The van der Waals surface area contributed by atoms with Crippen LogP contribution in [0.5, 0.6) is 11.5 Å². The zero-order valence-electron chi connectivity index (χ0n) is 16.6. The van der Waals surface area contributed by atoms with Crippen molar-refractivity contribution in [2.75, 3.05) is 25.3 Å². The molecule has 4 rings (SSSR count). The molecule has 4 aromatic rings. The van der Waals surface area contributed by atoms with Crippen molar-refractivity contribution < 1.29 is 14.3 Å². The zero-order valence-corrected chi connectivity index (χ0v) is 18.2. The number of methoxy groups -OCH3 is 2. The number of hydrogen-bond donors (Lipinski definition) is 1. The summed E-state index contributed by atoms with van der Waals surface area (Å²) in [6, 6.07) is 12.9. The number of nitrogens with zero attached hydrogens (tertiary/aromatic N) is 3. The Morgan fingerprint density at radius 3 is 2.73 bits per heavy atom. The molecule has 1 amide bonds. The van der Waals surface area contributed by atoms with E-state index in [-0.39, 0.29) is 11.7 Å². The van der Waals surface area contributed by atoms with Crippen molar-refractivity contribution in [1.82, 2.24) is 14.6 Å². The van der Waals surface area contributed by atoms with E-state index in [1.165, 1.54) is 11.8 Å². The number of rotatable bonds is 6. The smallest absolute Gasteiger partial charge is 0.234 e. The average molecular weight is 443 g/mol. The first-order valence-electron chi connectivity index (χ1n) is 9.09. The van der Waals surface area contributed by atoms with Crippen LogP contribution in [0, 0.1) is 6.92 Å². The molecule has 0 saturated carbocycles. The number of fused-ring (bicyclic) bond motifs is 3. The molecule has 0 fully saturated rings. The van der Waals surface area contributed by atoms with Crippen LogP contribution >= 0.6 is 23.4 Å². The van der Waals surface area contributed by atoms with Crippen molar-refractivity contribution in [3.8, 4) is 11.5 Å². The van der Waals surface area contributed by atoms with E-state index in [1.807, 2.05) is 35.6 Å². The quantitative estimate of drug-likeness (QED) is 0.440. The van der Waals surface area contributed by atoms with Gasteiger partial charge < -0.3 is 14.8 Å². The number of pyridine rings is 1. The standard InChI is InChI=1S/C21H19ClN4O3S/c1-12-8-19-24-25-21(26(19)17-7-4-13(22)9-15(12)17)30-11-20(27)23-16-6-5-14(28-2)10-18(16)29-3/h4-10H,11H2,1-3H3,(H,23,27). The maximum Gasteiger partial charge on any atom is 0.234 e. The Kier molecular flexibility index (Phi) is 5.69. The summed E-state index contributed by atoms with van der Waals surface area (Å²) >= 11 is 7.47. The van der Waals surface area contributed by atoms with E-state index in [2.05, 4.69) is 15.5 Å². The van der Waals surface area contributed by atoms with Gasteiger partial charge in [0.2, 0.25) is 5.91 Å². The first kappa shape index (κ1) is 20.3. The summed E-state index contributed by atoms with van der Waals surface area (Å²) < 4.78 is 12.4. The number of aryl methyl sites for hydroxylation is 1. The summed E-state index contributed by atoms with van der Waals surface area (Å²) in [5, 5.41) is 13.7. The predicted molar refractivity (Wildman–Crippen MR) is 119 cm³/mol. The minimum atomic E-state index is -0.181. The summed E-state index contributed by atoms with van der Waals surface area (Å²) in [5.74, 6) is 1.16. The van der Waals surface area contributed by atoms with Crippen molar-refractivity contribution in [2.24, 2.45) is 0 Å². The number of benzene rings is 2. The first-order valence-corrected chi connectivity index (χ1v) is 10.4. The van der Waals surface area contributed by atoms with Crippen LogP contribution in [0.2, 0.25) is 5.02 Å². The Hall–Kier alpha value is -2.97. The van der Waals surface area contributed by atoms with Gasteiger partial charge in [0.25, 0.3) is 0 Å². The van der Waals surface area contributed by atoms with Gasteiger partial charge in [0.15, 0.2) is 10.8 Å². The topological polar surface area (TPSA) is 77.8 Å². The average Bonchev–Trinajstić information content (AvgIpc) is 3.15. The number of aromatic nitrogens is 3. The van der Waals surface area contributed by atoms with Crippen LogP contribution in [0.15, 0.2) is 47.6 Å². The molecule has 2 aromatic carbocycles. The Morgan fingerprint density at radius 1 is 1.13 bits per heavy atom. The van der Waals surface area contributed by atoms with Gasteiger partial charge in [-0.3, -0.25) is 9.20 Å². The molecule has 0 aliphatic carbocycles. The van der Waals surface area contributed by atoms with Gasteiger partial charge in [-0.1, -0.05) is 23.4 Å². The highest BCUT2D eigenvalue weighted by molar-refractivity contribution is 7.99. The Labute approximate surface area is 182 Å². The number of anilines is 1. The molecule has 7 nitrogen and oxygen atoms in total. The molecule has 9 heteroatoms. The number of thioether (sulfide) groups is 1. The fraction of sp³-hybridized carbons (Fsp3) is 0.190. The number of halogens is 1. The molecule has 0 atom stereocenters. The normalized spacial score (nSPS) is 11.1. The van der Waals surface area contributed by atoms with Crippen LogP contribution in [-0.2, 0) is 4.79 Å². The van der Waals surface area contributed by atoms with Gasteiger partial charge >= 0.3 is 0 Å². The maximum absolute atomic E-state index is 12.5. The minimum Gasteiger partial charge on any atom is -0.497 e. The van der Waals surface area contributed by atoms with Crippen molar-refractivity contribution >= 4 is 51.5 Å². The molecule has 0 radical (unpaired) electrons. The maximum atomic E-state index is 12.5. The number of carbonyl (C=O) groups excluding carboxylic acids is 1. The van der Waals surface area contributed by atoms with Gasteiger partial charge in [-0.05, 0) is 48.9 Å². The summed E-state index contributed by atoms with van der Waals surface area (Å²) in [5.41, 5.74) is 3.31. The molecule has 0 bridgehead atoms. The second-order valence-electron chi connectivity index (χ2n) is 6.57.